The fourth-order valence-electron chi connectivity index (χ4n) is 1.81. The summed E-state index contributed by atoms with van der Waals surface area (Å²) in [6.45, 7) is 6.42. The van der Waals surface area contributed by atoms with E-state index in [1.807, 2.05) is 0 Å². The summed E-state index contributed by atoms with van der Waals surface area (Å²) in [4.78, 5) is 0. The number of unbranched alkanes of at least 4 members (excludes halogenated alkanes) is 1. The Morgan fingerprint density at radius 3 is 2.25 bits per heavy atom. The van der Waals surface area contributed by atoms with Gasteiger partial charge in [0.1, 0.15) is 0 Å². The number of benzene rings is 1. The molecule has 1 nitrogen and oxygen atoms in total. The van der Waals surface area contributed by atoms with Gasteiger partial charge in [0.25, 0.3) is 0 Å². The summed E-state index contributed by atoms with van der Waals surface area (Å²) in [6, 6.07) is 8.44. The Hall–Kier alpha value is -0.820. The second kappa shape index (κ2) is 6.70. The third kappa shape index (κ3) is 3.64. The van der Waals surface area contributed by atoms with E-state index in [9.17, 15) is 5.11 Å². The molecule has 1 rings (SSSR count). The van der Waals surface area contributed by atoms with Crippen LogP contribution in [0.5, 0.6) is 0 Å². The molecule has 0 aliphatic heterocycles. The third-order valence-electron chi connectivity index (χ3n) is 3.32. The number of hydrogen-bond donors (Lipinski definition) is 1. The Morgan fingerprint density at radius 2 is 1.75 bits per heavy atom. The highest BCUT2D eigenvalue weighted by molar-refractivity contribution is 5.24. The molecule has 1 aromatic rings. The van der Waals surface area contributed by atoms with Crippen LogP contribution in [0.1, 0.15) is 57.3 Å². The summed E-state index contributed by atoms with van der Waals surface area (Å²) in [6.07, 6.45) is 4.32. The van der Waals surface area contributed by atoms with Crippen molar-refractivity contribution in [2.75, 3.05) is 0 Å². The van der Waals surface area contributed by atoms with E-state index < -0.39 is 0 Å². The van der Waals surface area contributed by atoms with Gasteiger partial charge in [-0.05, 0) is 29.9 Å². The molecule has 0 bridgehead atoms. The van der Waals surface area contributed by atoms with Crippen molar-refractivity contribution in [2.45, 2.75) is 52.6 Å². The predicted molar refractivity (Wildman–Crippen MR) is 69.5 cm³/mol. The molecule has 1 aromatic carbocycles. The molecule has 0 saturated heterocycles. The van der Waals surface area contributed by atoms with Gasteiger partial charge in [0.2, 0.25) is 0 Å². The smallest absolute Gasteiger partial charge is 0.0815 e. The first-order chi connectivity index (χ1) is 7.69. The molecule has 0 fully saturated rings. The number of hydrogen-bond acceptors (Lipinski definition) is 1. The average Bonchev–Trinajstić information content (AvgIpc) is 2.35. The molecule has 2 atom stereocenters. The van der Waals surface area contributed by atoms with Crippen molar-refractivity contribution in [3.05, 3.63) is 35.4 Å². The van der Waals surface area contributed by atoms with Crippen LogP contribution in [0.15, 0.2) is 24.3 Å². The summed E-state index contributed by atoms with van der Waals surface area (Å²) in [5.74, 6) is 0.335. The van der Waals surface area contributed by atoms with Crippen LogP contribution in [-0.2, 0) is 6.42 Å². The van der Waals surface area contributed by atoms with E-state index >= 15 is 0 Å². The van der Waals surface area contributed by atoms with Crippen molar-refractivity contribution < 1.29 is 5.11 Å². The van der Waals surface area contributed by atoms with Crippen LogP contribution in [0, 0.1) is 5.92 Å². The van der Waals surface area contributed by atoms with Crippen LogP contribution >= 0.6 is 0 Å². The summed E-state index contributed by atoms with van der Waals surface area (Å²) in [5.41, 5.74) is 2.43. The first-order valence-corrected chi connectivity index (χ1v) is 6.45. The molecular weight excluding hydrogens is 196 g/mol. The topological polar surface area (TPSA) is 20.2 Å². The molecular formula is C15H24O. The second-order valence-corrected chi connectivity index (χ2v) is 4.68. The zero-order chi connectivity index (χ0) is 12.0. The minimum absolute atomic E-state index is 0.315. The van der Waals surface area contributed by atoms with Gasteiger partial charge >= 0.3 is 0 Å². The Kier molecular flexibility index (Phi) is 5.54. The van der Waals surface area contributed by atoms with Gasteiger partial charge in [0, 0.05) is 0 Å². The van der Waals surface area contributed by atoms with E-state index in [2.05, 4.69) is 45.0 Å². The van der Waals surface area contributed by atoms with Crippen LogP contribution in [0.25, 0.3) is 0 Å². The highest BCUT2D eigenvalue weighted by atomic mass is 16.3. The quantitative estimate of drug-likeness (QED) is 0.765. The molecule has 0 spiro atoms. The van der Waals surface area contributed by atoms with Crippen LogP contribution in [0.2, 0.25) is 0 Å². The molecule has 0 saturated carbocycles. The Labute approximate surface area is 99.5 Å². The maximum Gasteiger partial charge on any atom is 0.0815 e. The molecule has 1 N–H and O–H groups in total. The lowest BCUT2D eigenvalue weighted by molar-refractivity contribution is 0.115. The van der Waals surface area contributed by atoms with Crippen LogP contribution in [-0.4, -0.2) is 5.11 Å². The normalized spacial score (nSPS) is 14.8. The summed E-state index contributed by atoms with van der Waals surface area (Å²) in [5, 5.41) is 10.1. The van der Waals surface area contributed by atoms with Crippen molar-refractivity contribution in [1.82, 2.24) is 0 Å². The van der Waals surface area contributed by atoms with Crippen LogP contribution in [0.4, 0.5) is 0 Å². The van der Waals surface area contributed by atoms with Crippen molar-refractivity contribution in [1.29, 1.82) is 0 Å². The van der Waals surface area contributed by atoms with Gasteiger partial charge in [-0.25, -0.2) is 0 Å². The van der Waals surface area contributed by atoms with E-state index in [1.54, 1.807) is 0 Å². The lowest BCUT2D eigenvalue weighted by Crippen LogP contribution is -2.07. The van der Waals surface area contributed by atoms with E-state index in [-0.39, 0.29) is 6.10 Å². The van der Waals surface area contributed by atoms with E-state index in [0.29, 0.717) is 5.92 Å². The Bertz CT molecular complexity index is 289. The number of aliphatic hydroxyl groups is 1. The first-order valence-electron chi connectivity index (χ1n) is 6.45. The summed E-state index contributed by atoms with van der Waals surface area (Å²) < 4.78 is 0. The van der Waals surface area contributed by atoms with Gasteiger partial charge in [0.05, 0.1) is 6.10 Å². The molecule has 0 aliphatic carbocycles. The maximum atomic E-state index is 10.1. The van der Waals surface area contributed by atoms with Gasteiger partial charge < -0.3 is 5.11 Å². The highest BCUT2D eigenvalue weighted by Gasteiger charge is 2.13. The molecule has 90 valence electrons. The molecule has 2 unspecified atom stereocenters. The molecule has 1 heteroatoms. The number of aliphatic hydroxyl groups excluding tert-OH is 1. The fourth-order valence-corrected chi connectivity index (χ4v) is 1.81. The van der Waals surface area contributed by atoms with Crippen molar-refractivity contribution in [3.8, 4) is 0 Å². The Morgan fingerprint density at radius 1 is 1.12 bits per heavy atom. The number of aryl methyl sites for hydroxylation is 1. The fraction of sp³-hybridized carbons (Fsp3) is 0.600. The monoisotopic (exact) mass is 220 g/mol. The Balaban J connectivity index is 2.63. The zero-order valence-corrected chi connectivity index (χ0v) is 10.7. The van der Waals surface area contributed by atoms with Gasteiger partial charge in [-0.3, -0.25) is 0 Å². The van der Waals surface area contributed by atoms with Gasteiger partial charge in [-0.2, -0.15) is 0 Å². The van der Waals surface area contributed by atoms with E-state index in [1.165, 1.54) is 18.4 Å². The van der Waals surface area contributed by atoms with Crippen LogP contribution in [0.3, 0.4) is 0 Å². The molecule has 0 aromatic heterocycles. The van der Waals surface area contributed by atoms with Gasteiger partial charge in [-0.1, -0.05) is 57.9 Å². The minimum Gasteiger partial charge on any atom is -0.388 e. The lowest BCUT2D eigenvalue weighted by atomic mass is 9.94. The van der Waals surface area contributed by atoms with E-state index in [0.717, 1.165) is 18.4 Å². The first kappa shape index (κ1) is 13.2. The van der Waals surface area contributed by atoms with Gasteiger partial charge in [0.15, 0.2) is 0 Å². The van der Waals surface area contributed by atoms with Crippen molar-refractivity contribution in [3.63, 3.8) is 0 Å². The van der Waals surface area contributed by atoms with Crippen molar-refractivity contribution >= 4 is 0 Å². The average molecular weight is 220 g/mol. The predicted octanol–water partition coefficient (Wildman–Crippen LogP) is 4.11. The molecule has 0 radical (unpaired) electrons. The number of rotatable bonds is 6. The summed E-state index contributed by atoms with van der Waals surface area (Å²) in [7, 11) is 0. The SMILES string of the molecule is CCCCc1ccc(C(O)C(C)CC)cc1. The van der Waals surface area contributed by atoms with Crippen LogP contribution < -0.4 is 0 Å². The summed E-state index contributed by atoms with van der Waals surface area (Å²) >= 11 is 0. The van der Waals surface area contributed by atoms with E-state index in [4.69, 9.17) is 0 Å². The standard InChI is InChI=1S/C15H24O/c1-4-6-7-13-8-10-14(11-9-13)15(16)12(3)5-2/h8-12,15-16H,4-7H2,1-3H3. The highest BCUT2D eigenvalue weighted by Crippen LogP contribution is 2.24. The lowest BCUT2D eigenvalue weighted by Gasteiger charge is -2.17. The molecule has 0 aliphatic rings. The third-order valence-corrected chi connectivity index (χ3v) is 3.32. The minimum atomic E-state index is -0.315. The van der Waals surface area contributed by atoms with Crippen molar-refractivity contribution in [2.24, 2.45) is 5.92 Å². The molecule has 0 heterocycles. The maximum absolute atomic E-state index is 10.1. The molecule has 0 amide bonds. The van der Waals surface area contributed by atoms with Gasteiger partial charge in [-0.15, -0.1) is 0 Å². The second-order valence-electron chi connectivity index (χ2n) is 4.68. The zero-order valence-electron chi connectivity index (χ0n) is 10.7. The molecule has 16 heavy (non-hydrogen) atoms. The largest absolute Gasteiger partial charge is 0.388 e.